The molecule has 6 heterocycles. The van der Waals surface area contributed by atoms with Crippen molar-refractivity contribution in [1.29, 1.82) is 0 Å². The minimum Gasteiger partial charge on any atom is -0.462 e. The smallest absolute Gasteiger partial charge is 0.459 e. The number of rotatable bonds is 22. The number of fused-ring (bicyclic) bond motifs is 2. The molecule has 0 unspecified atom stereocenters. The second-order valence-electron chi connectivity index (χ2n) is 19.3. The molecule has 4 aromatic heterocycles. The minimum atomic E-state index is -4.28. The van der Waals surface area contributed by atoms with Gasteiger partial charge in [-0.2, -0.15) is 30.1 Å². The van der Waals surface area contributed by atoms with Crippen molar-refractivity contribution in [2.45, 2.75) is 135 Å². The number of aromatic nitrogens is 8. The van der Waals surface area contributed by atoms with Gasteiger partial charge in [0.1, 0.15) is 48.0 Å². The molecule has 444 valence electrons. The Morgan fingerprint density at radius 2 is 1.00 bits per heavy atom. The maximum atomic E-state index is 16.0. The van der Waals surface area contributed by atoms with E-state index < -0.39 is 113 Å². The third kappa shape index (κ3) is 14.7. The van der Waals surface area contributed by atoms with E-state index in [0.717, 1.165) is 13.8 Å². The molecular formula is C49H70F2N14O14P2. The molecule has 6 aromatic rings. The van der Waals surface area contributed by atoms with Gasteiger partial charge in [0.2, 0.25) is 11.9 Å². The third-order valence-corrected chi connectivity index (χ3v) is 15.4. The van der Waals surface area contributed by atoms with E-state index in [1.807, 2.05) is 0 Å². The van der Waals surface area contributed by atoms with Crippen LogP contribution in [0.3, 0.4) is 0 Å². The summed E-state index contributed by atoms with van der Waals surface area (Å²) in [4.78, 5) is 49.6. The van der Waals surface area contributed by atoms with Gasteiger partial charge in [0.25, 0.3) is 0 Å². The molecule has 0 spiro atoms. The van der Waals surface area contributed by atoms with Crippen LogP contribution in [0.15, 0.2) is 73.3 Å². The van der Waals surface area contributed by atoms with E-state index in [1.165, 1.54) is 35.6 Å². The molecule has 0 saturated carbocycles. The predicted molar refractivity (Wildman–Crippen MR) is 293 cm³/mol. The van der Waals surface area contributed by atoms with Crippen LogP contribution >= 0.6 is 15.5 Å². The number of benzene rings is 2. The molecule has 0 aliphatic carbocycles. The summed E-state index contributed by atoms with van der Waals surface area (Å²) >= 11 is 0. The van der Waals surface area contributed by atoms with Crippen LogP contribution in [0, 0.1) is 0 Å². The summed E-state index contributed by atoms with van der Waals surface area (Å²) in [7, 11) is -5.32. The van der Waals surface area contributed by atoms with E-state index in [1.54, 1.807) is 102 Å². The lowest BCUT2D eigenvalue weighted by molar-refractivity contribution is -0.150. The monoisotopic (exact) mass is 1180 g/mol. The maximum absolute atomic E-state index is 16.0. The zero-order valence-corrected chi connectivity index (χ0v) is 47.1. The summed E-state index contributed by atoms with van der Waals surface area (Å²) in [5.41, 5.74) is 7.89. The second kappa shape index (κ2) is 26.0. The Kier molecular flexibility index (Phi) is 20.4. The van der Waals surface area contributed by atoms with Gasteiger partial charge in [0, 0.05) is 14.1 Å². The van der Waals surface area contributed by atoms with Crippen LogP contribution in [0.2, 0.25) is 0 Å². The fourth-order valence-corrected chi connectivity index (χ4v) is 11.3. The Labute approximate surface area is 465 Å². The van der Waals surface area contributed by atoms with Crippen LogP contribution in [0.4, 0.5) is 32.3 Å². The Bertz CT molecular complexity index is 2990. The number of imidazole rings is 2. The number of para-hydroxylation sites is 2. The van der Waals surface area contributed by atoms with E-state index in [0.29, 0.717) is 22.7 Å². The number of ether oxygens (including phenoxy) is 4. The van der Waals surface area contributed by atoms with Gasteiger partial charge >= 0.3 is 27.4 Å². The first-order valence-electron chi connectivity index (χ1n) is 25.0. The summed E-state index contributed by atoms with van der Waals surface area (Å²) in [6.07, 6.45) is -7.05. The topological polar surface area (TPSA) is 370 Å². The molecule has 10 N–H and O–H groups in total. The maximum Gasteiger partial charge on any atom is 0.459 e. The Hall–Kier alpha value is -6.72. The Morgan fingerprint density at radius 3 is 1.32 bits per heavy atom. The van der Waals surface area contributed by atoms with Gasteiger partial charge in [-0.3, -0.25) is 27.8 Å². The number of aliphatic hydroxyl groups excluding tert-OH is 2. The van der Waals surface area contributed by atoms with Crippen molar-refractivity contribution in [2.75, 3.05) is 49.4 Å². The summed E-state index contributed by atoms with van der Waals surface area (Å²) < 4.78 is 106. The first-order chi connectivity index (χ1) is 37.7. The molecule has 2 saturated heterocycles. The number of nitrogens with two attached hydrogens (primary N) is 2. The van der Waals surface area contributed by atoms with Crippen LogP contribution in [-0.2, 0) is 46.7 Å². The first kappa shape index (κ1) is 63.5. The molecule has 2 fully saturated rings. The summed E-state index contributed by atoms with van der Waals surface area (Å²) in [6.45, 7) is 10.7. The number of nitrogen functional groups attached to an aromatic ring is 2. The number of alkyl halides is 2. The molecule has 8 rings (SSSR count). The van der Waals surface area contributed by atoms with Gasteiger partial charge < -0.3 is 60.3 Å². The Balaban J connectivity index is 0.000000258. The average molecular weight is 1180 g/mol. The number of hydrogen-bond donors (Lipinski definition) is 8. The second-order valence-corrected chi connectivity index (χ2v) is 22.7. The van der Waals surface area contributed by atoms with E-state index in [4.69, 9.17) is 48.5 Å². The zero-order valence-electron chi connectivity index (χ0n) is 45.3. The van der Waals surface area contributed by atoms with Gasteiger partial charge in [0.05, 0.1) is 38.1 Å². The van der Waals surface area contributed by atoms with Crippen LogP contribution in [-0.4, -0.2) is 149 Å². The average Bonchev–Trinajstić information content (AvgIpc) is 4.17. The third-order valence-electron chi connectivity index (χ3n) is 12.2. The molecule has 2 aliphatic heterocycles. The van der Waals surface area contributed by atoms with Crippen LogP contribution in [0.1, 0.15) is 75.3 Å². The minimum absolute atomic E-state index is 0. The zero-order chi connectivity index (χ0) is 58.5. The highest BCUT2D eigenvalue weighted by molar-refractivity contribution is 7.52. The van der Waals surface area contributed by atoms with Crippen molar-refractivity contribution in [3.63, 3.8) is 0 Å². The fraction of sp³-hybridized carbons (Fsp3) is 0.510. The van der Waals surface area contributed by atoms with E-state index in [-0.39, 0.29) is 42.1 Å². The van der Waals surface area contributed by atoms with Gasteiger partial charge in [0.15, 0.2) is 57.8 Å². The first-order valence-corrected chi connectivity index (χ1v) is 28.1. The molecule has 0 amide bonds. The van der Waals surface area contributed by atoms with Gasteiger partial charge in [-0.1, -0.05) is 43.8 Å². The predicted octanol–water partition coefficient (Wildman–Crippen LogP) is 5.78. The van der Waals surface area contributed by atoms with E-state index >= 15 is 8.78 Å². The molecular weight excluding hydrogens is 1110 g/mol. The number of halogens is 2. The van der Waals surface area contributed by atoms with Crippen molar-refractivity contribution in [3.8, 4) is 11.5 Å². The largest absolute Gasteiger partial charge is 0.462 e. The number of nitrogens with zero attached hydrogens (tertiary/aromatic N) is 8. The highest BCUT2D eigenvalue weighted by Crippen LogP contribution is 2.50. The Morgan fingerprint density at radius 1 is 0.654 bits per heavy atom. The lowest BCUT2D eigenvalue weighted by atomic mass is 9.98. The highest BCUT2D eigenvalue weighted by Gasteiger charge is 2.57. The van der Waals surface area contributed by atoms with Crippen molar-refractivity contribution in [2.24, 2.45) is 0 Å². The summed E-state index contributed by atoms with van der Waals surface area (Å²) in [6, 6.07) is 14.1. The molecule has 81 heavy (non-hydrogen) atoms. The number of carbonyl (C=O) groups is 2. The van der Waals surface area contributed by atoms with Crippen LogP contribution in [0.5, 0.6) is 11.5 Å². The summed E-state index contributed by atoms with van der Waals surface area (Å²) in [5, 5.41) is 32.5. The normalized spacial score (nSPS) is 24.7. The van der Waals surface area contributed by atoms with Gasteiger partial charge in [-0.15, -0.1) is 0 Å². The van der Waals surface area contributed by atoms with Crippen molar-refractivity contribution in [3.05, 3.63) is 73.3 Å². The fourth-order valence-electron chi connectivity index (χ4n) is 8.27. The molecule has 0 bridgehead atoms. The van der Waals surface area contributed by atoms with Crippen molar-refractivity contribution >= 4 is 73.3 Å². The van der Waals surface area contributed by atoms with Gasteiger partial charge in [-0.25, -0.2) is 27.9 Å². The van der Waals surface area contributed by atoms with Crippen molar-refractivity contribution < 1.29 is 74.8 Å². The van der Waals surface area contributed by atoms with Gasteiger partial charge in [-0.05, 0) is 79.7 Å². The molecule has 28 nitrogen and oxygen atoms in total. The molecule has 2 aliphatic rings. The summed E-state index contributed by atoms with van der Waals surface area (Å²) in [5.74, 6) is -0.486. The van der Waals surface area contributed by atoms with E-state index in [2.05, 4.69) is 50.7 Å². The lowest BCUT2D eigenvalue weighted by Gasteiger charge is -2.25. The lowest BCUT2D eigenvalue weighted by Crippen LogP contribution is -2.41. The number of nitrogens with one attached hydrogen (secondary N) is 4. The number of carbonyl (C=O) groups excluding carboxylic acids is 2. The quantitative estimate of drug-likeness (QED) is 0.0295. The number of hydrogen-bond acceptors (Lipinski definition) is 24. The molecule has 12 atom stereocenters. The van der Waals surface area contributed by atoms with Crippen LogP contribution < -0.4 is 41.3 Å². The number of aliphatic hydroxyl groups is 2. The molecule has 32 heteroatoms. The number of esters is 2. The SMILES string of the molecule is C.CNc1nc(N)nc2c1ncn2[C@@H]1O[C@H](CO[P@@](=O)(N[C@@H](C)C(=O)OC(C)C)Oc2ccccc2)[C@@H](O)[C@@]1(C)F.CNc1nc(N)nc2c1ncn2[C@@H]1O[C@H](CO[P@@](=O)(N[C@@H](C)C(=O)OC(C)C)Oc2ccccc2)[C@@H](O)[C@@]1(C)F. The number of anilines is 4. The van der Waals surface area contributed by atoms with Crippen molar-refractivity contribution in [1.82, 2.24) is 49.2 Å². The molecule has 0 radical (unpaired) electrons. The highest BCUT2D eigenvalue weighted by atomic mass is 31.2. The van der Waals surface area contributed by atoms with E-state index in [9.17, 15) is 28.9 Å². The van der Waals surface area contributed by atoms with Crippen LogP contribution in [0.25, 0.3) is 22.3 Å². The standard InChI is InChI=1S/2C24H33FN7O7P.CH4/c2*1-13(2)37-21(34)14(3)31-40(35,39-15-9-7-6-8-10-15)36-11-16-18(33)24(4,25)22(38-16)32-12-28-17-19(27-5)29-23(26)30-20(17)32;/h2*6-10,12-14,16,18,22,33H,11H2,1-5H3,(H,31,35)(H3,26,27,29,30);1H4/t2*14-,16+,18+,22+,24+,40-;/m00./s1. The molecule has 2 aromatic carbocycles.